The number of nitrogens with zero attached hydrogens (tertiary/aromatic N) is 1. The molecule has 0 N–H and O–H groups in total. The van der Waals surface area contributed by atoms with Crippen LogP contribution < -0.4 is 14.2 Å². The first-order valence-corrected chi connectivity index (χ1v) is 9.22. The molecule has 1 saturated heterocycles. The summed E-state index contributed by atoms with van der Waals surface area (Å²) in [5, 5.41) is -0.440. The first kappa shape index (κ1) is 18.9. The number of carbonyl (C=O) groups is 3. The molecular weight excluding hydrogens is 402 g/mol. The molecule has 2 aromatic rings. The minimum Gasteiger partial charge on any atom is -0.493 e. The van der Waals surface area contributed by atoms with Gasteiger partial charge in [-0.05, 0) is 47.7 Å². The molecule has 1 aromatic carbocycles. The normalized spacial score (nSPS) is 16.6. The molecule has 0 spiro atoms. The van der Waals surface area contributed by atoms with Gasteiger partial charge >= 0.3 is 5.97 Å². The third kappa shape index (κ3) is 3.54. The van der Waals surface area contributed by atoms with Gasteiger partial charge < -0.3 is 23.4 Å². The summed E-state index contributed by atoms with van der Waals surface area (Å²) in [5.74, 6) is 0.653. The quantitative estimate of drug-likeness (QED) is 0.536. The number of imide groups is 1. The molecule has 2 amide bonds. The molecule has 2 aliphatic heterocycles. The van der Waals surface area contributed by atoms with E-state index in [0.717, 1.165) is 16.7 Å². The fourth-order valence-electron chi connectivity index (χ4n) is 2.85. The molecule has 0 atom stereocenters. The number of hydrogen-bond acceptors (Lipinski definition) is 9. The molecule has 150 valence electrons. The van der Waals surface area contributed by atoms with Crippen LogP contribution in [0, 0.1) is 0 Å². The number of methoxy groups -OCH3 is 2. The Morgan fingerprint density at radius 2 is 2.07 bits per heavy atom. The maximum absolute atomic E-state index is 12.7. The topological polar surface area (TPSA) is 105 Å². The van der Waals surface area contributed by atoms with Crippen molar-refractivity contribution < 1.29 is 37.7 Å². The van der Waals surface area contributed by atoms with Crippen LogP contribution in [0.4, 0.5) is 4.79 Å². The summed E-state index contributed by atoms with van der Waals surface area (Å²) in [6, 6.07) is 6.33. The highest BCUT2D eigenvalue weighted by Crippen LogP contribution is 2.43. The first-order valence-electron chi connectivity index (χ1n) is 8.40. The Balaban J connectivity index is 1.55. The van der Waals surface area contributed by atoms with Crippen LogP contribution >= 0.6 is 11.8 Å². The fraction of sp³-hybridized carbons (Fsp3) is 0.211. The molecular formula is C19H15NO8S. The average Bonchev–Trinajstić information content (AvgIpc) is 3.43. The number of benzene rings is 1. The Morgan fingerprint density at radius 3 is 2.83 bits per heavy atom. The molecule has 0 aliphatic carbocycles. The Hall–Kier alpha value is -3.40. The minimum absolute atomic E-state index is 0.00234. The number of ether oxygens (including phenoxy) is 4. The fourth-order valence-corrected chi connectivity index (χ4v) is 3.69. The second-order valence-electron chi connectivity index (χ2n) is 5.98. The minimum atomic E-state index is -0.637. The third-order valence-electron chi connectivity index (χ3n) is 4.21. The van der Waals surface area contributed by atoms with Gasteiger partial charge in [0.15, 0.2) is 11.5 Å². The smallest absolute Gasteiger partial charge is 0.373 e. The average molecular weight is 417 g/mol. The first-order chi connectivity index (χ1) is 14.0. The van der Waals surface area contributed by atoms with Crippen molar-refractivity contribution in [2.75, 3.05) is 21.0 Å². The highest BCUT2D eigenvalue weighted by atomic mass is 32.2. The number of carbonyl (C=O) groups excluding carboxylic acids is 3. The highest BCUT2D eigenvalue weighted by Gasteiger charge is 2.36. The van der Waals surface area contributed by atoms with Crippen molar-refractivity contribution in [1.29, 1.82) is 0 Å². The number of esters is 1. The van der Waals surface area contributed by atoms with Gasteiger partial charge in [-0.2, -0.15) is 0 Å². The maximum Gasteiger partial charge on any atom is 0.373 e. The molecule has 0 bridgehead atoms. The lowest BCUT2D eigenvalue weighted by Gasteiger charge is -2.10. The van der Waals surface area contributed by atoms with Gasteiger partial charge in [0.1, 0.15) is 5.76 Å². The van der Waals surface area contributed by atoms with Crippen molar-refractivity contribution in [2.45, 2.75) is 6.54 Å². The van der Waals surface area contributed by atoms with Crippen LogP contribution in [-0.2, 0) is 16.1 Å². The zero-order valence-corrected chi connectivity index (χ0v) is 16.2. The van der Waals surface area contributed by atoms with Crippen LogP contribution in [0.25, 0.3) is 6.08 Å². The van der Waals surface area contributed by atoms with Crippen LogP contribution in [0.1, 0.15) is 21.9 Å². The van der Waals surface area contributed by atoms with E-state index < -0.39 is 17.1 Å². The molecule has 0 radical (unpaired) electrons. The molecule has 0 unspecified atom stereocenters. The Kier molecular flexibility index (Phi) is 4.93. The van der Waals surface area contributed by atoms with Crippen LogP contribution in [0.5, 0.6) is 17.2 Å². The van der Waals surface area contributed by atoms with E-state index in [4.69, 9.17) is 18.6 Å². The lowest BCUT2D eigenvalue weighted by Crippen LogP contribution is -2.27. The summed E-state index contributed by atoms with van der Waals surface area (Å²) in [6.45, 7) is -0.00810. The Bertz CT molecular complexity index is 1040. The van der Waals surface area contributed by atoms with E-state index in [-0.39, 0.29) is 24.0 Å². The van der Waals surface area contributed by atoms with Gasteiger partial charge in [-0.3, -0.25) is 14.5 Å². The Labute approximate surface area is 169 Å². The van der Waals surface area contributed by atoms with Crippen LogP contribution in [0.15, 0.2) is 33.6 Å². The monoisotopic (exact) mass is 417 g/mol. The number of furan rings is 1. The van der Waals surface area contributed by atoms with Gasteiger partial charge in [0.25, 0.3) is 11.1 Å². The number of fused-ring (bicyclic) bond motifs is 1. The molecule has 1 aromatic heterocycles. The van der Waals surface area contributed by atoms with Crippen LogP contribution in [0.3, 0.4) is 0 Å². The summed E-state index contributed by atoms with van der Waals surface area (Å²) in [7, 11) is 2.73. The van der Waals surface area contributed by atoms with Gasteiger partial charge in [0.05, 0.1) is 25.7 Å². The van der Waals surface area contributed by atoms with E-state index in [0.29, 0.717) is 28.6 Å². The number of amides is 2. The van der Waals surface area contributed by atoms with Crippen molar-refractivity contribution in [3.8, 4) is 17.2 Å². The van der Waals surface area contributed by atoms with E-state index in [1.54, 1.807) is 18.2 Å². The predicted octanol–water partition coefficient (Wildman–Crippen LogP) is 3.04. The molecule has 3 heterocycles. The zero-order chi connectivity index (χ0) is 20.5. The lowest BCUT2D eigenvalue weighted by atomic mass is 10.1. The maximum atomic E-state index is 12.7. The second-order valence-corrected chi connectivity index (χ2v) is 6.98. The molecule has 2 aliphatic rings. The van der Waals surface area contributed by atoms with Crippen molar-refractivity contribution >= 4 is 35.0 Å². The number of hydrogen-bond donors (Lipinski definition) is 0. The van der Waals surface area contributed by atoms with Gasteiger partial charge in [-0.1, -0.05) is 0 Å². The van der Waals surface area contributed by atoms with E-state index in [1.165, 1.54) is 26.4 Å². The molecule has 4 rings (SSSR count). The second kappa shape index (κ2) is 7.55. The van der Waals surface area contributed by atoms with Gasteiger partial charge in [-0.25, -0.2) is 4.79 Å². The summed E-state index contributed by atoms with van der Waals surface area (Å²) in [4.78, 5) is 37.8. The van der Waals surface area contributed by atoms with Crippen LogP contribution in [-0.4, -0.2) is 43.0 Å². The lowest BCUT2D eigenvalue weighted by molar-refractivity contribution is -0.123. The van der Waals surface area contributed by atoms with Gasteiger partial charge in [-0.15, -0.1) is 0 Å². The van der Waals surface area contributed by atoms with E-state index >= 15 is 0 Å². The van der Waals surface area contributed by atoms with Crippen molar-refractivity contribution in [3.63, 3.8) is 0 Å². The van der Waals surface area contributed by atoms with Crippen molar-refractivity contribution in [2.24, 2.45) is 0 Å². The zero-order valence-electron chi connectivity index (χ0n) is 15.4. The standard InChI is InChI=1S/C19H15NO8S/c1-24-13-5-10(6-14-16(13)27-9-26-14)7-15-17(21)20(19(23)29-15)8-11-3-4-12(28-11)18(22)25-2/h3-7H,8-9H2,1-2H3/b15-7+. The Morgan fingerprint density at radius 1 is 1.24 bits per heavy atom. The van der Waals surface area contributed by atoms with E-state index in [9.17, 15) is 14.4 Å². The van der Waals surface area contributed by atoms with Crippen molar-refractivity contribution in [3.05, 3.63) is 46.3 Å². The molecule has 1 fully saturated rings. The van der Waals surface area contributed by atoms with Gasteiger partial charge in [0, 0.05) is 0 Å². The molecule has 29 heavy (non-hydrogen) atoms. The van der Waals surface area contributed by atoms with Crippen LogP contribution in [0.2, 0.25) is 0 Å². The molecule has 10 heteroatoms. The summed E-state index contributed by atoms with van der Waals surface area (Å²) in [5.41, 5.74) is 0.627. The molecule has 0 saturated carbocycles. The van der Waals surface area contributed by atoms with E-state index in [2.05, 4.69) is 4.74 Å². The summed E-state index contributed by atoms with van der Waals surface area (Å²) >= 11 is 0.813. The highest BCUT2D eigenvalue weighted by molar-refractivity contribution is 8.18. The van der Waals surface area contributed by atoms with E-state index in [1.807, 2.05) is 0 Å². The predicted molar refractivity (Wildman–Crippen MR) is 101 cm³/mol. The largest absolute Gasteiger partial charge is 0.493 e. The summed E-state index contributed by atoms with van der Waals surface area (Å²) in [6.07, 6.45) is 1.58. The number of thioether (sulfide) groups is 1. The number of rotatable bonds is 5. The summed E-state index contributed by atoms with van der Waals surface area (Å²) < 4.78 is 25.9. The third-order valence-corrected chi connectivity index (χ3v) is 5.12. The van der Waals surface area contributed by atoms with Crippen molar-refractivity contribution in [1.82, 2.24) is 4.90 Å². The SMILES string of the molecule is COC(=O)c1ccc(CN2C(=O)S/C(=C/c3cc(OC)c4c(c3)OCO4)C2=O)o1. The molecule has 9 nitrogen and oxygen atoms in total. The van der Waals surface area contributed by atoms with Gasteiger partial charge in [0.2, 0.25) is 18.3 Å².